The number of nitrogen functional groups attached to an aromatic ring is 1. The minimum atomic E-state index is -0.678. The molecule has 34 heavy (non-hydrogen) atoms. The fourth-order valence-electron chi connectivity index (χ4n) is 3.76. The molecule has 5 N–H and O–H groups in total. The van der Waals surface area contributed by atoms with E-state index in [1.54, 1.807) is 24.3 Å². The highest BCUT2D eigenvalue weighted by atomic mass is 16.5. The molecule has 1 fully saturated rings. The van der Waals surface area contributed by atoms with Crippen LogP contribution in [0.3, 0.4) is 0 Å². The Balaban J connectivity index is 1.54. The number of aryl methyl sites for hydroxylation is 1. The summed E-state index contributed by atoms with van der Waals surface area (Å²) in [6, 6.07) is 14.5. The Morgan fingerprint density at radius 2 is 1.85 bits per heavy atom. The number of rotatable bonds is 8. The Morgan fingerprint density at radius 1 is 1.12 bits per heavy atom. The molecule has 0 spiro atoms. The molecular formula is C25H30N6O3. The minimum absolute atomic E-state index is 0.0448. The molecule has 1 amide bonds. The molecule has 4 rings (SSSR count). The summed E-state index contributed by atoms with van der Waals surface area (Å²) in [5.74, 6) is 1.14. The largest absolute Gasteiger partial charge is 0.490 e. The van der Waals surface area contributed by atoms with Gasteiger partial charge in [0.25, 0.3) is 5.91 Å². The van der Waals surface area contributed by atoms with Crippen LogP contribution in [-0.4, -0.2) is 47.0 Å². The van der Waals surface area contributed by atoms with Crippen LogP contribution in [0.2, 0.25) is 0 Å². The first-order valence-corrected chi connectivity index (χ1v) is 11.4. The molecular weight excluding hydrogens is 432 g/mol. The number of hydrogen-bond acceptors (Lipinski definition) is 8. The van der Waals surface area contributed by atoms with Gasteiger partial charge in [0.15, 0.2) is 11.5 Å². The van der Waals surface area contributed by atoms with Gasteiger partial charge >= 0.3 is 0 Å². The van der Waals surface area contributed by atoms with Crippen LogP contribution in [0.15, 0.2) is 48.5 Å². The van der Waals surface area contributed by atoms with Gasteiger partial charge in [-0.1, -0.05) is 13.0 Å². The third-order valence-electron chi connectivity index (χ3n) is 5.66. The van der Waals surface area contributed by atoms with Crippen molar-refractivity contribution in [2.24, 2.45) is 5.73 Å². The second-order valence-corrected chi connectivity index (χ2v) is 8.33. The summed E-state index contributed by atoms with van der Waals surface area (Å²) in [4.78, 5) is 23.4. The molecule has 3 aromatic rings. The molecule has 9 heteroatoms. The number of nitrogens with two attached hydrogens (primary N) is 2. The number of nitrogens with one attached hydrogen (secondary N) is 1. The van der Waals surface area contributed by atoms with Gasteiger partial charge in [-0.15, -0.1) is 0 Å². The Hall–Kier alpha value is -3.85. The quantitative estimate of drug-likeness (QED) is 0.432. The number of likely N-dealkylation sites (tertiary alicyclic amines) is 1. The molecule has 1 aliphatic heterocycles. The lowest BCUT2D eigenvalue weighted by Crippen LogP contribution is -2.35. The average molecular weight is 463 g/mol. The van der Waals surface area contributed by atoms with E-state index < -0.39 is 5.91 Å². The molecule has 9 nitrogen and oxygen atoms in total. The van der Waals surface area contributed by atoms with Gasteiger partial charge in [-0.25, -0.2) is 4.98 Å². The molecule has 0 saturated carbocycles. The lowest BCUT2D eigenvalue weighted by Gasteiger charge is -2.29. The molecule has 1 saturated heterocycles. The molecule has 0 aliphatic carbocycles. The third-order valence-corrected chi connectivity index (χ3v) is 5.66. The summed E-state index contributed by atoms with van der Waals surface area (Å²) < 4.78 is 12.0. The maximum absolute atomic E-state index is 12.1. The van der Waals surface area contributed by atoms with Crippen molar-refractivity contribution in [2.75, 3.05) is 31.2 Å². The van der Waals surface area contributed by atoms with E-state index >= 15 is 0 Å². The van der Waals surface area contributed by atoms with E-state index in [0.29, 0.717) is 29.2 Å². The van der Waals surface area contributed by atoms with Crippen molar-refractivity contribution in [1.29, 1.82) is 0 Å². The number of carbonyl (C=O) groups excluding carboxylic acids is 1. The molecule has 2 heterocycles. The molecule has 178 valence electrons. The summed E-state index contributed by atoms with van der Waals surface area (Å²) in [6.45, 7) is 3.97. The Kier molecular flexibility index (Phi) is 7.12. The maximum Gasteiger partial charge on any atom is 0.271 e. The number of hydrogen-bond donors (Lipinski definition) is 3. The summed E-state index contributed by atoms with van der Waals surface area (Å²) in [6.07, 6.45) is 2.74. The predicted molar refractivity (Wildman–Crippen MR) is 132 cm³/mol. The van der Waals surface area contributed by atoms with E-state index in [9.17, 15) is 4.79 Å². The number of nitrogens with zero attached hydrogens (tertiary/aromatic N) is 3. The zero-order valence-electron chi connectivity index (χ0n) is 19.5. The number of amides is 1. The standard InChI is InChI=1S/C25H30N6O3/c1-3-21-25(34-20-6-4-5-16(26)15-20)30-24(22(29-21)23(27)32)28-17-7-9-18(10-8-17)33-19-11-13-31(2)14-12-19/h4-10,15,19H,3,11-14,26H2,1-2H3,(H2,27,32)(H,28,30). The van der Waals surface area contributed by atoms with Crippen molar-refractivity contribution in [3.05, 3.63) is 59.9 Å². The fraction of sp³-hybridized carbons (Fsp3) is 0.320. The molecule has 1 aromatic heterocycles. The smallest absolute Gasteiger partial charge is 0.271 e. The first kappa shape index (κ1) is 23.3. The molecule has 0 unspecified atom stereocenters. The Morgan fingerprint density at radius 3 is 2.50 bits per heavy atom. The van der Waals surface area contributed by atoms with Crippen molar-refractivity contribution >= 4 is 23.1 Å². The molecule has 0 atom stereocenters. The minimum Gasteiger partial charge on any atom is -0.490 e. The van der Waals surface area contributed by atoms with Crippen molar-refractivity contribution in [3.63, 3.8) is 0 Å². The van der Waals surface area contributed by atoms with Crippen molar-refractivity contribution in [2.45, 2.75) is 32.3 Å². The van der Waals surface area contributed by atoms with Gasteiger partial charge in [-0.3, -0.25) is 4.79 Å². The van der Waals surface area contributed by atoms with Gasteiger partial charge in [0, 0.05) is 30.5 Å². The summed E-state index contributed by atoms with van der Waals surface area (Å²) in [7, 11) is 2.12. The fourth-order valence-corrected chi connectivity index (χ4v) is 3.76. The maximum atomic E-state index is 12.1. The van der Waals surface area contributed by atoms with E-state index in [1.807, 2.05) is 31.2 Å². The number of carbonyl (C=O) groups is 1. The van der Waals surface area contributed by atoms with E-state index in [2.05, 4.69) is 27.2 Å². The molecule has 1 aliphatic rings. The van der Waals surface area contributed by atoms with E-state index in [1.165, 1.54) is 0 Å². The van der Waals surface area contributed by atoms with Gasteiger partial charge in [0.2, 0.25) is 5.88 Å². The molecule has 2 aromatic carbocycles. The van der Waals surface area contributed by atoms with Crippen LogP contribution >= 0.6 is 0 Å². The van der Waals surface area contributed by atoms with Gasteiger partial charge in [0.1, 0.15) is 23.3 Å². The highest BCUT2D eigenvalue weighted by molar-refractivity contribution is 5.96. The first-order chi connectivity index (χ1) is 16.4. The highest BCUT2D eigenvalue weighted by Crippen LogP contribution is 2.29. The highest BCUT2D eigenvalue weighted by Gasteiger charge is 2.20. The monoisotopic (exact) mass is 462 g/mol. The normalized spacial score (nSPS) is 14.5. The summed E-state index contributed by atoms with van der Waals surface area (Å²) >= 11 is 0. The van der Waals surface area contributed by atoms with E-state index in [0.717, 1.165) is 31.7 Å². The van der Waals surface area contributed by atoms with Crippen molar-refractivity contribution in [3.8, 4) is 17.4 Å². The van der Waals surface area contributed by atoms with Gasteiger partial charge in [0.05, 0.1) is 0 Å². The van der Waals surface area contributed by atoms with Crippen molar-refractivity contribution < 1.29 is 14.3 Å². The van der Waals surface area contributed by atoms with Crippen LogP contribution in [0.1, 0.15) is 35.9 Å². The SMILES string of the molecule is CCc1nc(C(N)=O)c(Nc2ccc(OC3CCN(C)CC3)cc2)nc1Oc1cccc(N)c1. The van der Waals surface area contributed by atoms with Crippen LogP contribution in [0.4, 0.5) is 17.2 Å². The molecule has 0 bridgehead atoms. The number of benzene rings is 2. The van der Waals surface area contributed by atoms with Crippen LogP contribution in [0.5, 0.6) is 17.4 Å². The van der Waals surface area contributed by atoms with Gasteiger partial charge in [-0.05, 0) is 62.7 Å². The summed E-state index contributed by atoms with van der Waals surface area (Å²) in [5.41, 5.74) is 13.3. The van der Waals surface area contributed by atoms with Crippen LogP contribution in [0.25, 0.3) is 0 Å². The van der Waals surface area contributed by atoms with Gasteiger partial charge in [-0.2, -0.15) is 4.98 Å². The van der Waals surface area contributed by atoms with Gasteiger partial charge < -0.3 is 31.2 Å². The Bertz CT molecular complexity index is 1140. The zero-order chi connectivity index (χ0) is 24.1. The van der Waals surface area contributed by atoms with Crippen molar-refractivity contribution in [1.82, 2.24) is 14.9 Å². The number of ether oxygens (including phenoxy) is 2. The second-order valence-electron chi connectivity index (χ2n) is 8.33. The number of anilines is 3. The third kappa shape index (κ3) is 5.74. The Labute approximate surface area is 199 Å². The zero-order valence-corrected chi connectivity index (χ0v) is 19.5. The lowest BCUT2D eigenvalue weighted by molar-refractivity contribution is 0.0995. The van der Waals surface area contributed by atoms with Crippen LogP contribution in [-0.2, 0) is 6.42 Å². The first-order valence-electron chi connectivity index (χ1n) is 11.4. The number of primary amides is 1. The average Bonchev–Trinajstić information content (AvgIpc) is 2.82. The van der Waals surface area contributed by atoms with E-state index in [4.69, 9.17) is 20.9 Å². The van der Waals surface area contributed by atoms with E-state index in [-0.39, 0.29) is 23.5 Å². The number of aromatic nitrogens is 2. The lowest BCUT2D eigenvalue weighted by atomic mass is 10.1. The van der Waals surface area contributed by atoms with Crippen LogP contribution < -0.4 is 26.3 Å². The topological polar surface area (TPSA) is 129 Å². The second kappa shape index (κ2) is 10.4. The summed E-state index contributed by atoms with van der Waals surface area (Å²) in [5, 5.41) is 3.14. The molecule has 0 radical (unpaired) electrons. The number of piperidine rings is 1. The predicted octanol–water partition coefficient (Wildman–Crippen LogP) is 3.73. The van der Waals surface area contributed by atoms with Crippen LogP contribution in [0, 0.1) is 0 Å².